The van der Waals surface area contributed by atoms with Crippen molar-refractivity contribution in [1.82, 2.24) is 15.3 Å². The zero-order chi connectivity index (χ0) is 13.9. The van der Waals surface area contributed by atoms with E-state index in [1.807, 2.05) is 31.2 Å². The molecule has 1 aliphatic rings. The van der Waals surface area contributed by atoms with Gasteiger partial charge in [-0.2, -0.15) is 0 Å². The highest BCUT2D eigenvalue weighted by atomic mass is 16.1. The van der Waals surface area contributed by atoms with Crippen LogP contribution in [0.2, 0.25) is 0 Å². The zero-order valence-electron chi connectivity index (χ0n) is 11.4. The number of rotatable bonds is 4. The molecule has 0 aromatic carbocycles. The molecular weight excluding hydrogens is 250 g/mol. The topological polar surface area (TPSA) is 54.9 Å². The molecule has 0 spiro atoms. The summed E-state index contributed by atoms with van der Waals surface area (Å²) in [7, 11) is 0. The molecule has 1 unspecified atom stereocenters. The van der Waals surface area contributed by atoms with Crippen molar-refractivity contribution in [3.05, 3.63) is 59.7 Å². The second-order valence-corrected chi connectivity index (χ2v) is 5.26. The molecule has 2 aromatic rings. The number of hydrogen-bond acceptors (Lipinski definition) is 3. The number of aromatic nitrogens is 2. The lowest BCUT2D eigenvalue weighted by Crippen LogP contribution is -2.30. The van der Waals surface area contributed by atoms with Crippen molar-refractivity contribution in [1.29, 1.82) is 0 Å². The molecule has 1 amide bonds. The molecule has 4 nitrogen and oxygen atoms in total. The molecule has 1 fully saturated rings. The molecule has 1 aliphatic carbocycles. The summed E-state index contributed by atoms with van der Waals surface area (Å²) in [4.78, 5) is 20.5. The maximum absolute atomic E-state index is 12.3. The number of aryl methyl sites for hydroxylation is 1. The fourth-order valence-electron chi connectivity index (χ4n) is 2.30. The Bertz CT molecular complexity index is 591. The third kappa shape index (κ3) is 2.85. The average molecular weight is 267 g/mol. The van der Waals surface area contributed by atoms with Crippen molar-refractivity contribution in [2.45, 2.75) is 25.8 Å². The highest BCUT2D eigenvalue weighted by molar-refractivity contribution is 5.94. The van der Waals surface area contributed by atoms with Gasteiger partial charge in [0.25, 0.3) is 5.91 Å². The Morgan fingerprint density at radius 1 is 1.25 bits per heavy atom. The summed E-state index contributed by atoms with van der Waals surface area (Å²) in [6.45, 7) is 1.91. The van der Waals surface area contributed by atoms with Crippen LogP contribution >= 0.6 is 0 Å². The zero-order valence-corrected chi connectivity index (χ0v) is 11.4. The molecular formula is C16H17N3O. The normalized spacial score (nSPS) is 15.7. The quantitative estimate of drug-likeness (QED) is 0.926. The average Bonchev–Trinajstić information content (AvgIpc) is 3.31. The highest BCUT2D eigenvalue weighted by Gasteiger charge is 2.33. The Balaban J connectivity index is 1.77. The van der Waals surface area contributed by atoms with E-state index in [4.69, 9.17) is 0 Å². The van der Waals surface area contributed by atoms with Crippen LogP contribution in [0.3, 0.4) is 0 Å². The summed E-state index contributed by atoms with van der Waals surface area (Å²) < 4.78 is 0. The van der Waals surface area contributed by atoms with Crippen LogP contribution in [0.15, 0.2) is 42.9 Å². The largest absolute Gasteiger partial charge is 0.345 e. The summed E-state index contributed by atoms with van der Waals surface area (Å²) in [5.41, 5.74) is 2.64. The van der Waals surface area contributed by atoms with Crippen molar-refractivity contribution < 1.29 is 4.79 Å². The van der Waals surface area contributed by atoms with E-state index < -0.39 is 0 Å². The van der Waals surface area contributed by atoms with E-state index in [-0.39, 0.29) is 11.9 Å². The minimum atomic E-state index is -0.0637. The van der Waals surface area contributed by atoms with Crippen LogP contribution in [0.4, 0.5) is 0 Å². The molecule has 20 heavy (non-hydrogen) atoms. The van der Waals surface area contributed by atoms with Crippen LogP contribution in [0.25, 0.3) is 0 Å². The molecule has 4 heteroatoms. The Kier molecular flexibility index (Phi) is 3.46. The molecule has 1 saturated carbocycles. The Morgan fingerprint density at radius 2 is 2.00 bits per heavy atom. The molecule has 1 N–H and O–H groups in total. The summed E-state index contributed by atoms with van der Waals surface area (Å²) in [6, 6.07) is 7.68. The summed E-state index contributed by atoms with van der Waals surface area (Å²) in [5, 5.41) is 3.12. The van der Waals surface area contributed by atoms with Crippen molar-refractivity contribution in [3.8, 4) is 0 Å². The Hall–Kier alpha value is -2.23. The van der Waals surface area contributed by atoms with Crippen LogP contribution in [0.5, 0.6) is 0 Å². The Morgan fingerprint density at radius 3 is 2.60 bits per heavy atom. The molecule has 102 valence electrons. The van der Waals surface area contributed by atoms with E-state index in [2.05, 4.69) is 15.3 Å². The first-order valence-corrected chi connectivity index (χ1v) is 6.87. The van der Waals surface area contributed by atoms with Crippen molar-refractivity contribution in [3.63, 3.8) is 0 Å². The van der Waals surface area contributed by atoms with E-state index in [9.17, 15) is 4.79 Å². The minimum absolute atomic E-state index is 0.0637. The first-order valence-electron chi connectivity index (χ1n) is 6.87. The van der Waals surface area contributed by atoms with Gasteiger partial charge in [-0.05, 0) is 55.5 Å². The van der Waals surface area contributed by atoms with Crippen LogP contribution in [-0.4, -0.2) is 15.9 Å². The minimum Gasteiger partial charge on any atom is -0.345 e. The van der Waals surface area contributed by atoms with Crippen LogP contribution in [0.1, 0.15) is 40.5 Å². The lowest BCUT2D eigenvalue weighted by Gasteiger charge is -2.18. The van der Waals surface area contributed by atoms with Gasteiger partial charge in [-0.25, -0.2) is 0 Å². The SMILES string of the molecule is Cc1ccc(C(=O)NC(c2ccncc2)C2CC2)cn1. The third-order valence-corrected chi connectivity index (χ3v) is 3.62. The van der Waals surface area contributed by atoms with Crippen LogP contribution in [0, 0.1) is 12.8 Å². The van der Waals surface area contributed by atoms with Crippen molar-refractivity contribution in [2.75, 3.05) is 0 Å². The van der Waals surface area contributed by atoms with Gasteiger partial charge in [0.1, 0.15) is 0 Å². The molecule has 3 rings (SSSR count). The second-order valence-electron chi connectivity index (χ2n) is 5.26. The highest BCUT2D eigenvalue weighted by Crippen LogP contribution is 2.40. The van der Waals surface area contributed by atoms with Crippen molar-refractivity contribution in [2.24, 2.45) is 5.92 Å². The Labute approximate surface area is 118 Å². The van der Waals surface area contributed by atoms with Crippen LogP contribution in [-0.2, 0) is 0 Å². The molecule has 0 aliphatic heterocycles. The summed E-state index contributed by atoms with van der Waals surface area (Å²) in [6.07, 6.45) is 7.49. The molecule has 0 radical (unpaired) electrons. The van der Waals surface area contributed by atoms with Gasteiger partial charge >= 0.3 is 0 Å². The van der Waals surface area contributed by atoms with Gasteiger partial charge < -0.3 is 5.32 Å². The number of hydrogen-bond donors (Lipinski definition) is 1. The third-order valence-electron chi connectivity index (χ3n) is 3.62. The van der Waals surface area contributed by atoms with E-state index in [1.165, 1.54) is 12.8 Å². The number of pyridine rings is 2. The lowest BCUT2D eigenvalue weighted by atomic mass is 10.0. The molecule has 2 aromatic heterocycles. The fourth-order valence-corrected chi connectivity index (χ4v) is 2.30. The predicted octanol–water partition coefficient (Wildman–Crippen LogP) is 2.67. The number of amides is 1. The maximum atomic E-state index is 12.3. The smallest absolute Gasteiger partial charge is 0.253 e. The number of carbonyl (C=O) groups excluding carboxylic acids is 1. The number of nitrogens with one attached hydrogen (secondary N) is 1. The van der Waals surface area contributed by atoms with Crippen molar-refractivity contribution >= 4 is 5.91 Å². The number of carbonyl (C=O) groups is 1. The molecule has 0 saturated heterocycles. The number of nitrogens with zero attached hydrogens (tertiary/aromatic N) is 2. The van der Waals surface area contributed by atoms with Gasteiger partial charge in [0, 0.05) is 24.3 Å². The molecule has 2 heterocycles. The first kappa shape index (κ1) is 12.8. The van der Waals surface area contributed by atoms with Gasteiger partial charge in [-0.15, -0.1) is 0 Å². The van der Waals surface area contributed by atoms with E-state index in [0.717, 1.165) is 11.3 Å². The lowest BCUT2D eigenvalue weighted by molar-refractivity contribution is 0.0931. The summed E-state index contributed by atoms with van der Waals surface area (Å²) >= 11 is 0. The summed E-state index contributed by atoms with van der Waals surface area (Å²) in [5.74, 6) is 0.478. The van der Waals surface area contributed by atoms with E-state index >= 15 is 0 Å². The fraction of sp³-hybridized carbons (Fsp3) is 0.312. The first-order chi connectivity index (χ1) is 9.74. The van der Waals surface area contributed by atoms with Gasteiger partial charge in [0.2, 0.25) is 0 Å². The second kappa shape index (κ2) is 5.41. The monoisotopic (exact) mass is 267 g/mol. The predicted molar refractivity (Wildman–Crippen MR) is 76.1 cm³/mol. The van der Waals surface area contributed by atoms with Gasteiger partial charge in [-0.1, -0.05) is 0 Å². The van der Waals surface area contributed by atoms with E-state index in [1.54, 1.807) is 18.6 Å². The van der Waals surface area contributed by atoms with Gasteiger partial charge in [0.15, 0.2) is 0 Å². The van der Waals surface area contributed by atoms with Gasteiger partial charge in [0.05, 0.1) is 11.6 Å². The standard InChI is InChI=1S/C16H17N3O/c1-11-2-3-14(10-18-11)16(20)19-15(12-4-5-12)13-6-8-17-9-7-13/h2-3,6-10,12,15H,4-5H2,1H3,(H,19,20). The van der Waals surface area contributed by atoms with E-state index in [0.29, 0.717) is 11.5 Å². The maximum Gasteiger partial charge on any atom is 0.253 e. The molecule has 1 atom stereocenters. The molecule has 0 bridgehead atoms. The van der Waals surface area contributed by atoms with Gasteiger partial charge in [-0.3, -0.25) is 14.8 Å². The van der Waals surface area contributed by atoms with Crippen LogP contribution < -0.4 is 5.32 Å².